The van der Waals surface area contributed by atoms with Gasteiger partial charge in [0.2, 0.25) is 0 Å². The van der Waals surface area contributed by atoms with Crippen LogP contribution in [0.3, 0.4) is 0 Å². The van der Waals surface area contributed by atoms with E-state index in [1.807, 2.05) is 0 Å². The lowest BCUT2D eigenvalue weighted by molar-refractivity contribution is 0.166. The van der Waals surface area contributed by atoms with E-state index >= 15 is 0 Å². The number of nitrogens with zero attached hydrogens (tertiary/aromatic N) is 2. The molecule has 0 aromatic heterocycles. The zero-order chi connectivity index (χ0) is 13.2. The van der Waals surface area contributed by atoms with Crippen molar-refractivity contribution in [3.05, 3.63) is 0 Å². The highest BCUT2D eigenvalue weighted by Crippen LogP contribution is 2.15. The molecule has 1 fully saturated rings. The summed E-state index contributed by atoms with van der Waals surface area (Å²) >= 11 is 0. The van der Waals surface area contributed by atoms with Crippen LogP contribution in [0.2, 0.25) is 0 Å². The molecule has 0 aliphatic carbocycles. The van der Waals surface area contributed by atoms with Gasteiger partial charge in [0, 0.05) is 19.1 Å². The van der Waals surface area contributed by atoms with Crippen molar-refractivity contribution >= 4 is 5.96 Å². The van der Waals surface area contributed by atoms with Gasteiger partial charge in [0.15, 0.2) is 5.96 Å². The van der Waals surface area contributed by atoms with Crippen molar-refractivity contribution in [2.24, 2.45) is 4.99 Å². The van der Waals surface area contributed by atoms with Crippen LogP contribution in [0.4, 0.5) is 0 Å². The fourth-order valence-electron chi connectivity index (χ4n) is 2.26. The molecule has 4 nitrogen and oxygen atoms in total. The third-order valence-corrected chi connectivity index (χ3v) is 3.30. The average Bonchev–Trinajstić information content (AvgIpc) is 2.38. The van der Waals surface area contributed by atoms with E-state index in [1.165, 1.54) is 25.8 Å². The maximum absolute atomic E-state index is 5.23. The molecule has 0 saturated carbocycles. The molecule has 1 atom stereocenters. The maximum Gasteiger partial charge on any atom is 0.192 e. The first-order chi connectivity index (χ1) is 8.77. The standard InChI is InChI=1S/C14H26N4/c1-4-9-16-14(15-5-2)17-10-12-18-11-7-6-8-13(18)3/h1,13H,5-12H2,2-3H3,(H2,15,16,17). The molecule has 0 radical (unpaired) electrons. The summed E-state index contributed by atoms with van der Waals surface area (Å²) in [5, 5.41) is 6.29. The molecule has 4 heteroatoms. The largest absolute Gasteiger partial charge is 0.357 e. The summed E-state index contributed by atoms with van der Waals surface area (Å²) in [4.78, 5) is 7.06. The van der Waals surface area contributed by atoms with E-state index < -0.39 is 0 Å². The molecule has 18 heavy (non-hydrogen) atoms. The van der Waals surface area contributed by atoms with Crippen molar-refractivity contribution < 1.29 is 0 Å². The zero-order valence-electron chi connectivity index (χ0n) is 11.7. The van der Waals surface area contributed by atoms with E-state index in [2.05, 4.69) is 40.3 Å². The Bertz CT molecular complexity index is 293. The highest BCUT2D eigenvalue weighted by Gasteiger charge is 2.16. The third kappa shape index (κ3) is 5.42. The van der Waals surface area contributed by atoms with Crippen molar-refractivity contribution in [2.45, 2.75) is 39.2 Å². The Morgan fingerprint density at radius 1 is 1.44 bits per heavy atom. The van der Waals surface area contributed by atoms with Gasteiger partial charge >= 0.3 is 0 Å². The molecule has 1 aliphatic heterocycles. The van der Waals surface area contributed by atoms with Crippen LogP contribution in [-0.2, 0) is 0 Å². The van der Waals surface area contributed by atoms with Gasteiger partial charge in [-0.25, -0.2) is 0 Å². The molecule has 1 aliphatic rings. The summed E-state index contributed by atoms with van der Waals surface area (Å²) in [6.45, 7) is 8.82. The van der Waals surface area contributed by atoms with Gasteiger partial charge in [-0.3, -0.25) is 9.89 Å². The van der Waals surface area contributed by atoms with Crippen LogP contribution in [0, 0.1) is 12.3 Å². The van der Waals surface area contributed by atoms with E-state index in [-0.39, 0.29) is 0 Å². The van der Waals surface area contributed by atoms with Crippen LogP contribution in [0.15, 0.2) is 4.99 Å². The minimum Gasteiger partial charge on any atom is -0.357 e. The van der Waals surface area contributed by atoms with E-state index in [4.69, 9.17) is 6.42 Å². The first kappa shape index (κ1) is 14.8. The summed E-state index contributed by atoms with van der Waals surface area (Å²) < 4.78 is 0. The summed E-state index contributed by atoms with van der Waals surface area (Å²) in [6, 6.07) is 0.704. The topological polar surface area (TPSA) is 39.7 Å². The van der Waals surface area contributed by atoms with Crippen molar-refractivity contribution in [2.75, 3.05) is 32.7 Å². The van der Waals surface area contributed by atoms with Crippen molar-refractivity contribution in [3.8, 4) is 12.3 Å². The van der Waals surface area contributed by atoms with Gasteiger partial charge in [-0.2, -0.15) is 0 Å². The lowest BCUT2D eigenvalue weighted by atomic mass is 10.0. The van der Waals surface area contributed by atoms with Crippen LogP contribution < -0.4 is 10.6 Å². The highest BCUT2D eigenvalue weighted by molar-refractivity contribution is 5.79. The molecule has 1 unspecified atom stereocenters. The number of guanidine groups is 1. The van der Waals surface area contributed by atoms with E-state index in [1.54, 1.807) is 0 Å². The molecule has 1 heterocycles. The second kappa shape index (κ2) is 8.82. The van der Waals surface area contributed by atoms with Gasteiger partial charge in [0.05, 0.1) is 13.1 Å². The number of piperidine rings is 1. The van der Waals surface area contributed by atoms with Crippen molar-refractivity contribution in [3.63, 3.8) is 0 Å². The normalized spacial score (nSPS) is 21.4. The molecule has 0 aromatic rings. The van der Waals surface area contributed by atoms with Gasteiger partial charge in [-0.15, -0.1) is 6.42 Å². The Kier molecular flexibility index (Phi) is 7.28. The Morgan fingerprint density at radius 2 is 2.28 bits per heavy atom. The summed E-state index contributed by atoms with van der Waals surface area (Å²) in [5.41, 5.74) is 0. The second-order valence-corrected chi connectivity index (χ2v) is 4.70. The predicted molar refractivity (Wildman–Crippen MR) is 77.7 cm³/mol. The lowest BCUT2D eigenvalue weighted by Gasteiger charge is -2.32. The quantitative estimate of drug-likeness (QED) is 0.435. The monoisotopic (exact) mass is 250 g/mol. The van der Waals surface area contributed by atoms with E-state index in [9.17, 15) is 0 Å². The number of likely N-dealkylation sites (tertiary alicyclic amines) is 1. The Hall–Kier alpha value is -1.21. The average molecular weight is 250 g/mol. The second-order valence-electron chi connectivity index (χ2n) is 4.70. The first-order valence-corrected chi connectivity index (χ1v) is 6.97. The minimum absolute atomic E-state index is 0.520. The summed E-state index contributed by atoms with van der Waals surface area (Å²) in [5.74, 6) is 3.38. The van der Waals surface area contributed by atoms with E-state index in [0.29, 0.717) is 12.6 Å². The summed E-state index contributed by atoms with van der Waals surface area (Å²) in [7, 11) is 0. The lowest BCUT2D eigenvalue weighted by Crippen LogP contribution is -2.40. The van der Waals surface area contributed by atoms with Crippen LogP contribution in [-0.4, -0.2) is 49.6 Å². The summed E-state index contributed by atoms with van der Waals surface area (Å²) in [6.07, 6.45) is 9.24. The van der Waals surface area contributed by atoms with Gasteiger partial charge in [-0.1, -0.05) is 12.3 Å². The van der Waals surface area contributed by atoms with Crippen molar-refractivity contribution in [1.29, 1.82) is 0 Å². The number of terminal acetylenes is 1. The van der Waals surface area contributed by atoms with Crippen LogP contribution >= 0.6 is 0 Å². The Morgan fingerprint density at radius 3 is 2.94 bits per heavy atom. The molecule has 0 spiro atoms. The number of aliphatic imine (C=N–C) groups is 1. The van der Waals surface area contributed by atoms with Gasteiger partial charge in [0.25, 0.3) is 0 Å². The fraction of sp³-hybridized carbons (Fsp3) is 0.786. The van der Waals surface area contributed by atoms with Gasteiger partial charge in [-0.05, 0) is 33.2 Å². The molecular formula is C14H26N4. The van der Waals surface area contributed by atoms with Crippen LogP contribution in [0.5, 0.6) is 0 Å². The van der Waals surface area contributed by atoms with E-state index in [0.717, 1.165) is 25.6 Å². The SMILES string of the molecule is C#CCNC(=NCCN1CCCCC1C)NCC. The van der Waals surface area contributed by atoms with Gasteiger partial charge < -0.3 is 10.6 Å². The number of rotatable bonds is 5. The highest BCUT2D eigenvalue weighted by atomic mass is 15.2. The third-order valence-electron chi connectivity index (χ3n) is 3.30. The molecule has 102 valence electrons. The minimum atomic E-state index is 0.520. The fourth-order valence-corrected chi connectivity index (χ4v) is 2.26. The van der Waals surface area contributed by atoms with Gasteiger partial charge in [0.1, 0.15) is 0 Å². The molecule has 0 amide bonds. The molecule has 0 bridgehead atoms. The number of hydrogen-bond donors (Lipinski definition) is 2. The molecule has 2 N–H and O–H groups in total. The maximum atomic E-state index is 5.23. The zero-order valence-corrected chi connectivity index (χ0v) is 11.7. The predicted octanol–water partition coefficient (Wildman–Crippen LogP) is 1.05. The van der Waals surface area contributed by atoms with Crippen LogP contribution in [0.1, 0.15) is 33.1 Å². The Balaban J connectivity index is 2.32. The Labute approximate surface area is 111 Å². The number of nitrogens with one attached hydrogen (secondary N) is 2. The molecule has 1 saturated heterocycles. The molecular weight excluding hydrogens is 224 g/mol. The molecule has 0 aromatic carbocycles. The van der Waals surface area contributed by atoms with Crippen LogP contribution in [0.25, 0.3) is 0 Å². The smallest absolute Gasteiger partial charge is 0.192 e. The van der Waals surface area contributed by atoms with Crippen molar-refractivity contribution in [1.82, 2.24) is 15.5 Å². The molecule has 1 rings (SSSR count). The number of hydrogen-bond acceptors (Lipinski definition) is 2. The first-order valence-electron chi connectivity index (χ1n) is 6.97.